The van der Waals surface area contributed by atoms with Gasteiger partial charge in [0.15, 0.2) is 23.3 Å². The molecule has 4 rings (SSSR count). The molecular formula is C23H18F3N5O2. The minimum Gasteiger partial charge on any atom is -0.338 e. The number of carbonyl (C=O) groups is 1. The topological polar surface area (TPSA) is 85.0 Å². The van der Waals surface area contributed by atoms with Crippen molar-refractivity contribution in [3.8, 4) is 22.8 Å². The lowest BCUT2D eigenvalue weighted by Gasteiger charge is -2.21. The third kappa shape index (κ3) is 4.89. The zero-order valence-corrected chi connectivity index (χ0v) is 17.5. The van der Waals surface area contributed by atoms with Gasteiger partial charge in [-0.15, -0.1) is 0 Å². The molecule has 0 aliphatic carbocycles. The van der Waals surface area contributed by atoms with Crippen molar-refractivity contribution in [1.29, 1.82) is 0 Å². The first-order valence-electron chi connectivity index (χ1n) is 10.1. The van der Waals surface area contributed by atoms with E-state index in [2.05, 4.69) is 20.1 Å². The summed E-state index contributed by atoms with van der Waals surface area (Å²) in [6, 6.07) is 8.79. The molecule has 2 aromatic heterocycles. The second-order valence-corrected chi connectivity index (χ2v) is 7.04. The average molecular weight is 453 g/mol. The number of halogens is 3. The van der Waals surface area contributed by atoms with Gasteiger partial charge < -0.3 is 9.42 Å². The summed E-state index contributed by atoms with van der Waals surface area (Å²) < 4.78 is 45.7. The maximum atomic E-state index is 14.0. The molecule has 0 fully saturated rings. The molecule has 2 aromatic carbocycles. The number of aromatic nitrogens is 4. The largest absolute Gasteiger partial charge is 0.338 e. The van der Waals surface area contributed by atoms with E-state index in [1.165, 1.54) is 23.1 Å². The molecule has 33 heavy (non-hydrogen) atoms. The highest BCUT2D eigenvalue weighted by atomic mass is 19.2. The van der Waals surface area contributed by atoms with Crippen molar-refractivity contribution >= 4 is 5.91 Å². The Hall–Kier alpha value is -4.08. The minimum atomic E-state index is -1.02. The van der Waals surface area contributed by atoms with Crippen LogP contribution >= 0.6 is 0 Å². The molecule has 0 radical (unpaired) electrons. The van der Waals surface area contributed by atoms with Crippen LogP contribution in [-0.4, -0.2) is 44.0 Å². The lowest BCUT2D eigenvalue weighted by Crippen LogP contribution is -2.33. The molecule has 168 valence electrons. The molecule has 4 aromatic rings. The quantitative estimate of drug-likeness (QED) is 0.415. The average Bonchev–Trinajstić information content (AvgIpc) is 3.30. The summed E-state index contributed by atoms with van der Waals surface area (Å²) in [5.74, 6) is -2.33. The van der Waals surface area contributed by atoms with Gasteiger partial charge in [-0.2, -0.15) is 4.98 Å². The van der Waals surface area contributed by atoms with Crippen LogP contribution in [0.25, 0.3) is 22.8 Å². The maximum Gasteiger partial charge on any atom is 0.258 e. The van der Waals surface area contributed by atoms with Crippen LogP contribution in [0, 0.1) is 17.5 Å². The lowest BCUT2D eigenvalue weighted by molar-refractivity contribution is 0.0765. The van der Waals surface area contributed by atoms with Crippen molar-refractivity contribution in [2.24, 2.45) is 0 Å². The second kappa shape index (κ2) is 9.60. The fraction of sp³-hybridized carbons (Fsp3) is 0.174. The molecule has 0 bridgehead atoms. The van der Waals surface area contributed by atoms with Gasteiger partial charge in [-0.25, -0.2) is 23.1 Å². The fourth-order valence-corrected chi connectivity index (χ4v) is 3.24. The van der Waals surface area contributed by atoms with Gasteiger partial charge in [-0.05, 0) is 49.4 Å². The highest BCUT2D eigenvalue weighted by molar-refractivity contribution is 6.00. The molecule has 0 saturated heterocycles. The Kier molecular flexibility index (Phi) is 6.43. The van der Waals surface area contributed by atoms with E-state index in [9.17, 15) is 18.0 Å². The number of rotatable bonds is 7. The number of benzene rings is 2. The van der Waals surface area contributed by atoms with Crippen molar-refractivity contribution in [2.75, 3.05) is 13.1 Å². The summed E-state index contributed by atoms with van der Waals surface area (Å²) >= 11 is 0. The summed E-state index contributed by atoms with van der Waals surface area (Å²) in [6.45, 7) is 2.36. The third-order valence-corrected chi connectivity index (χ3v) is 4.93. The summed E-state index contributed by atoms with van der Waals surface area (Å²) in [4.78, 5) is 27.2. The van der Waals surface area contributed by atoms with Crippen LogP contribution in [0.15, 0.2) is 59.4 Å². The SMILES string of the molecule is CCN(CCc1noc(-c2ccc(F)c(F)c2)n1)C(=O)c1cc(F)ccc1-c1ncccn1. The van der Waals surface area contributed by atoms with Gasteiger partial charge in [0.05, 0.1) is 5.56 Å². The Labute approximate surface area is 186 Å². The normalized spacial score (nSPS) is 10.9. The van der Waals surface area contributed by atoms with E-state index in [0.29, 0.717) is 17.9 Å². The summed E-state index contributed by atoms with van der Waals surface area (Å²) in [5, 5.41) is 3.84. The van der Waals surface area contributed by atoms with E-state index in [0.717, 1.165) is 18.2 Å². The zero-order chi connectivity index (χ0) is 23.4. The van der Waals surface area contributed by atoms with Crippen LogP contribution in [0.1, 0.15) is 23.1 Å². The first-order valence-corrected chi connectivity index (χ1v) is 10.1. The molecule has 10 heteroatoms. The maximum absolute atomic E-state index is 14.0. The third-order valence-electron chi connectivity index (χ3n) is 4.93. The number of amides is 1. The molecule has 0 N–H and O–H groups in total. The van der Waals surface area contributed by atoms with Crippen LogP contribution in [0.3, 0.4) is 0 Å². The molecule has 0 unspecified atom stereocenters. The van der Waals surface area contributed by atoms with Crippen LogP contribution in [0.5, 0.6) is 0 Å². The lowest BCUT2D eigenvalue weighted by atomic mass is 10.0. The van der Waals surface area contributed by atoms with Crippen molar-refractivity contribution < 1.29 is 22.5 Å². The minimum absolute atomic E-state index is 0.0342. The van der Waals surface area contributed by atoms with Crippen molar-refractivity contribution in [3.63, 3.8) is 0 Å². The molecule has 0 aliphatic heterocycles. The molecule has 0 aliphatic rings. The van der Waals surface area contributed by atoms with E-state index in [-0.39, 0.29) is 35.8 Å². The Morgan fingerprint density at radius 3 is 2.55 bits per heavy atom. The Balaban J connectivity index is 1.51. The standard InChI is InChI=1S/C23H18F3N5O2/c1-2-31(11-8-20-29-22(33-30-20)14-4-7-18(25)19(26)12-14)23(32)17-13-15(24)5-6-16(17)21-27-9-3-10-28-21/h3-7,9-10,12-13H,2,8,11H2,1H3. The van der Waals surface area contributed by atoms with E-state index in [4.69, 9.17) is 4.52 Å². The Bertz CT molecular complexity index is 1280. The van der Waals surface area contributed by atoms with E-state index in [1.54, 1.807) is 25.4 Å². The van der Waals surface area contributed by atoms with Gasteiger partial charge in [0.1, 0.15) is 5.82 Å². The molecule has 1 amide bonds. The zero-order valence-electron chi connectivity index (χ0n) is 17.5. The van der Waals surface area contributed by atoms with Gasteiger partial charge in [-0.3, -0.25) is 4.79 Å². The monoisotopic (exact) mass is 453 g/mol. The van der Waals surface area contributed by atoms with E-state index in [1.807, 2.05) is 0 Å². The highest BCUT2D eigenvalue weighted by Gasteiger charge is 2.21. The van der Waals surface area contributed by atoms with Crippen LogP contribution < -0.4 is 0 Å². The number of likely N-dealkylation sites (N-methyl/N-ethyl adjacent to an activating group) is 1. The van der Waals surface area contributed by atoms with Gasteiger partial charge in [0.2, 0.25) is 0 Å². The molecule has 0 saturated carbocycles. The smallest absolute Gasteiger partial charge is 0.258 e. The first kappa shape index (κ1) is 22.1. The molecule has 2 heterocycles. The Morgan fingerprint density at radius 1 is 1.03 bits per heavy atom. The number of hydrogen-bond acceptors (Lipinski definition) is 6. The van der Waals surface area contributed by atoms with Crippen LogP contribution in [-0.2, 0) is 6.42 Å². The molecular weight excluding hydrogens is 435 g/mol. The molecule has 0 atom stereocenters. The van der Waals surface area contributed by atoms with E-state index < -0.39 is 23.4 Å². The summed E-state index contributed by atoms with van der Waals surface area (Å²) in [7, 11) is 0. The number of nitrogens with zero attached hydrogens (tertiary/aromatic N) is 5. The van der Waals surface area contributed by atoms with Crippen molar-refractivity contribution in [3.05, 3.63) is 83.7 Å². The van der Waals surface area contributed by atoms with Gasteiger partial charge in [0, 0.05) is 43.0 Å². The fourth-order valence-electron chi connectivity index (χ4n) is 3.24. The Morgan fingerprint density at radius 2 is 1.82 bits per heavy atom. The molecule has 7 nitrogen and oxygen atoms in total. The summed E-state index contributed by atoms with van der Waals surface area (Å²) in [5.41, 5.74) is 0.794. The van der Waals surface area contributed by atoms with Crippen molar-refractivity contribution in [2.45, 2.75) is 13.3 Å². The van der Waals surface area contributed by atoms with Gasteiger partial charge >= 0.3 is 0 Å². The van der Waals surface area contributed by atoms with E-state index >= 15 is 0 Å². The van der Waals surface area contributed by atoms with Gasteiger partial charge in [-0.1, -0.05) is 5.16 Å². The predicted molar refractivity (Wildman–Crippen MR) is 112 cm³/mol. The van der Waals surface area contributed by atoms with Gasteiger partial charge in [0.25, 0.3) is 11.8 Å². The molecule has 0 spiro atoms. The first-order chi connectivity index (χ1) is 16.0. The number of carbonyl (C=O) groups excluding carboxylic acids is 1. The van der Waals surface area contributed by atoms with Crippen LogP contribution in [0.2, 0.25) is 0 Å². The summed E-state index contributed by atoms with van der Waals surface area (Å²) in [6.07, 6.45) is 3.32. The van der Waals surface area contributed by atoms with Crippen molar-refractivity contribution in [1.82, 2.24) is 25.0 Å². The highest BCUT2D eigenvalue weighted by Crippen LogP contribution is 2.23. The van der Waals surface area contributed by atoms with Crippen LogP contribution in [0.4, 0.5) is 13.2 Å². The second-order valence-electron chi connectivity index (χ2n) is 7.04. The predicted octanol–water partition coefficient (Wildman–Crippen LogP) is 4.32. The number of hydrogen-bond donors (Lipinski definition) is 0.